The van der Waals surface area contributed by atoms with Crippen molar-refractivity contribution in [2.45, 2.75) is 25.4 Å². The minimum Gasteiger partial charge on any atom is -0.481 e. The third kappa shape index (κ3) is 6.38. The van der Waals surface area contributed by atoms with Crippen molar-refractivity contribution in [2.24, 2.45) is 0 Å². The Labute approximate surface area is 81.5 Å². The zero-order valence-corrected chi connectivity index (χ0v) is 7.77. The van der Waals surface area contributed by atoms with Crippen LogP contribution in [0.2, 0.25) is 0 Å². The highest BCUT2D eigenvalue weighted by Gasteiger charge is 2.13. The van der Waals surface area contributed by atoms with Gasteiger partial charge in [0.2, 0.25) is 5.91 Å². The molecule has 0 aromatic carbocycles. The highest BCUT2D eigenvalue weighted by atomic mass is 16.4. The lowest BCUT2D eigenvalue weighted by molar-refractivity contribution is -0.137. The van der Waals surface area contributed by atoms with Crippen LogP contribution in [0.25, 0.3) is 0 Å². The van der Waals surface area contributed by atoms with E-state index in [0.717, 1.165) is 0 Å². The fourth-order valence-electron chi connectivity index (χ4n) is 0.826. The van der Waals surface area contributed by atoms with Crippen LogP contribution >= 0.6 is 0 Å². The molecule has 0 aliphatic rings. The van der Waals surface area contributed by atoms with Crippen molar-refractivity contribution in [2.75, 3.05) is 13.2 Å². The van der Waals surface area contributed by atoms with E-state index in [1.165, 1.54) is 0 Å². The molecule has 0 aromatic heterocycles. The zero-order chi connectivity index (χ0) is 11.0. The molecule has 0 aliphatic heterocycles. The van der Waals surface area contributed by atoms with Crippen molar-refractivity contribution in [3.8, 4) is 0 Å². The summed E-state index contributed by atoms with van der Waals surface area (Å²) in [6.07, 6.45) is -0.822. The summed E-state index contributed by atoms with van der Waals surface area (Å²) < 4.78 is 0. The third-order valence-electron chi connectivity index (χ3n) is 1.58. The van der Waals surface area contributed by atoms with E-state index in [9.17, 15) is 9.59 Å². The zero-order valence-electron chi connectivity index (χ0n) is 7.77. The van der Waals surface area contributed by atoms with E-state index < -0.39 is 18.0 Å². The van der Waals surface area contributed by atoms with E-state index in [1.54, 1.807) is 0 Å². The van der Waals surface area contributed by atoms with E-state index >= 15 is 0 Å². The van der Waals surface area contributed by atoms with Crippen LogP contribution in [0.4, 0.5) is 0 Å². The molecule has 0 spiro atoms. The first kappa shape index (κ1) is 12.9. The standard InChI is InChI=1S/C8H15NO5/c10-5-1-2-6(11)8(14)9-4-3-7(12)13/h6,10-11H,1-5H2,(H,9,14)(H,12,13). The van der Waals surface area contributed by atoms with Crippen LogP contribution in [-0.2, 0) is 9.59 Å². The van der Waals surface area contributed by atoms with E-state index in [-0.39, 0.29) is 26.0 Å². The first-order valence-electron chi connectivity index (χ1n) is 4.36. The van der Waals surface area contributed by atoms with Gasteiger partial charge in [0.05, 0.1) is 6.42 Å². The molecular weight excluding hydrogens is 190 g/mol. The molecule has 4 N–H and O–H groups in total. The Morgan fingerprint density at radius 2 is 2.00 bits per heavy atom. The summed E-state index contributed by atoms with van der Waals surface area (Å²) in [5.74, 6) is -1.60. The number of hydrogen-bond donors (Lipinski definition) is 4. The van der Waals surface area contributed by atoms with Crippen molar-refractivity contribution in [1.82, 2.24) is 5.32 Å². The molecule has 1 amide bonds. The highest BCUT2D eigenvalue weighted by Crippen LogP contribution is 1.95. The van der Waals surface area contributed by atoms with Crippen LogP contribution in [0.5, 0.6) is 0 Å². The summed E-state index contributed by atoms with van der Waals surface area (Å²) in [5, 5.41) is 28.1. The Kier molecular flexibility index (Phi) is 6.69. The normalized spacial score (nSPS) is 12.1. The molecule has 0 radical (unpaired) electrons. The molecule has 0 heterocycles. The van der Waals surface area contributed by atoms with E-state index in [0.29, 0.717) is 6.42 Å². The number of carboxylic acid groups (broad SMARTS) is 1. The van der Waals surface area contributed by atoms with Gasteiger partial charge in [-0.15, -0.1) is 0 Å². The van der Waals surface area contributed by atoms with Gasteiger partial charge in [-0.25, -0.2) is 0 Å². The van der Waals surface area contributed by atoms with Gasteiger partial charge >= 0.3 is 5.97 Å². The molecular formula is C8H15NO5. The fraction of sp³-hybridized carbons (Fsp3) is 0.750. The molecule has 6 heteroatoms. The van der Waals surface area contributed by atoms with Crippen molar-refractivity contribution < 1.29 is 24.9 Å². The highest BCUT2D eigenvalue weighted by molar-refractivity contribution is 5.80. The van der Waals surface area contributed by atoms with Crippen LogP contribution < -0.4 is 5.32 Å². The number of aliphatic hydroxyl groups excluding tert-OH is 2. The Morgan fingerprint density at radius 1 is 1.36 bits per heavy atom. The molecule has 0 bridgehead atoms. The van der Waals surface area contributed by atoms with Gasteiger partial charge in [0.25, 0.3) is 0 Å². The summed E-state index contributed by atoms with van der Waals surface area (Å²) in [7, 11) is 0. The second-order valence-electron chi connectivity index (χ2n) is 2.82. The maximum atomic E-state index is 11.0. The molecule has 1 atom stereocenters. The van der Waals surface area contributed by atoms with Crippen LogP contribution in [0.1, 0.15) is 19.3 Å². The van der Waals surface area contributed by atoms with Crippen LogP contribution in [0.3, 0.4) is 0 Å². The number of carboxylic acids is 1. The van der Waals surface area contributed by atoms with Gasteiger partial charge < -0.3 is 20.6 Å². The topological polar surface area (TPSA) is 107 Å². The molecule has 0 saturated heterocycles. The number of carbonyl (C=O) groups excluding carboxylic acids is 1. The van der Waals surface area contributed by atoms with Gasteiger partial charge in [-0.3, -0.25) is 9.59 Å². The smallest absolute Gasteiger partial charge is 0.305 e. The quantitative estimate of drug-likeness (QED) is 0.413. The van der Waals surface area contributed by atoms with E-state index in [2.05, 4.69) is 5.32 Å². The third-order valence-corrected chi connectivity index (χ3v) is 1.58. The van der Waals surface area contributed by atoms with Crippen molar-refractivity contribution >= 4 is 11.9 Å². The SMILES string of the molecule is O=C(O)CCNC(=O)C(O)CCCO. The summed E-state index contributed by atoms with van der Waals surface area (Å²) >= 11 is 0. The number of hydrogen-bond acceptors (Lipinski definition) is 4. The lowest BCUT2D eigenvalue weighted by Crippen LogP contribution is -2.35. The molecule has 6 nitrogen and oxygen atoms in total. The van der Waals surface area contributed by atoms with Crippen LogP contribution in [0, 0.1) is 0 Å². The lowest BCUT2D eigenvalue weighted by Gasteiger charge is -2.09. The first-order valence-corrected chi connectivity index (χ1v) is 4.36. The number of amides is 1. The van der Waals surface area contributed by atoms with Gasteiger partial charge in [-0.05, 0) is 12.8 Å². The second-order valence-corrected chi connectivity index (χ2v) is 2.82. The average molecular weight is 205 g/mol. The summed E-state index contributed by atoms with van der Waals surface area (Å²) in [5.41, 5.74) is 0. The maximum absolute atomic E-state index is 11.0. The molecule has 0 aliphatic carbocycles. The largest absolute Gasteiger partial charge is 0.481 e. The van der Waals surface area contributed by atoms with Gasteiger partial charge in [0.1, 0.15) is 6.10 Å². The van der Waals surface area contributed by atoms with Crippen LogP contribution in [-0.4, -0.2) is 46.5 Å². The second kappa shape index (κ2) is 7.28. The van der Waals surface area contributed by atoms with Crippen molar-refractivity contribution in [3.63, 3.8) is 0 Å². The number of aliphatic hydroxyl groups is 2. The van der Waals surface area contributed by atoms with E-state index in [4.69, 9.17) is 15.3 Å². The molecule has 0 saturated carbocycles. The van der Waals surface area contributed by atoms with Gasteiger partial charge in [-0.2, -0.15) is 0 Å². The fourth-order valence-corrected chi connectivity index (χ4v) is 0.826. The van der Waals surface area contributed by atoms with E-state index in [1.807, 2.05) is 0 Å². The minimum absolute atomic E-state index is 0.00432. The minimum atomic E-state index is -1.17. The molecule has 0 fully saturated rings. The Bertz CT molecular complexity index is 194. The van der Waals surface area contributed by atoms with Gasteiger partial charge in [0.15, 0.2) is 0 Å². The summed E-state index contributed by atoms with van der Waals surface area (Å²) in [4.78, 5) is 21.1. The van der Waals surface area contributed by atoms with Gasteiger partial charge in [-0.1, -0.05) is 0 Å². The number of carbonyl (C=O) groups is 2. The molecule has 0 rings (SSSR count). The molecule has 1 unspecified atom stereocenters. The van der Waals surface area contributed by atoms with Crippen molar-refractivity contribution in [3.05, 3.63) is 0 Å². The summed E-state index contributed by atoms with van der Waals surface area (Å²) in [6, 6.07) is 0. The Hall–Kier alpha value is -1.14. The Balaban J connectivity index is 3.56. The number of rotatable bonds is 7. The van der Waals surface area contributed by atoms with Crippen molar-refractivity contribution in [1.29, 1.82) is 0 Å². The monoisotopic (exact) mass is 205 g/mol. The van der Waals surface area contributed by atoms with Gasteiger partial charge in [0, 0.05) is 13.2 Å². The predicted molar refractivity (Wildman–Crippen MR) is 47.6 cm³/mol. The molecule has 14 heavy (non-hydrogen) atoms. The average Bonchev–Trinajstić information content (AvgIpc) is 2.13. The summed E-state index contributed by atoms with van der Waals surface area (Å²) in [6.45, 7) is -0.0795. The maximum Gasteiger partial charge on any atom is 0.305 e. The number of nitrogens with one attached hydrogen (secondary N) is 1. The lowest BCUT2D eigenvalue weighted by atomic mass is 10.2. The molecule has 0 aromatic rings. The van der Waals surface area contributed by atoms with Crippen LogP contribution in [0.15, 0.2) is 0 Å². The predicted octanol–water partition coefficient (Wildman–Crippen LogP) is -1.29. The Morgan fingerprint density at radius 3 is 2.50 bits per heavy atom. The number of aliphatic carboxylic acids is 1. The first-order chi connectivity index (χ1) is 6.57. The molecule has 82 valence electrons.